The number of nitrogens with zero attached hydrogens (tertiary/aromatic N) is 2. The number of ketones is 1. The van der Waals surface area contributed by atoms with Crippen LogP contribution in [0.1, 0.15) is 60.4 Å². The summed E-state index contributed by atoms with van der Waals surface area (Å²) >= 11 is 6.53. The van der Waals surface area contributed by atoms with E-state index in [9.17, 15) is 10.1 Å². The average molecular weight is 582 g/mol. The van der Waals surface area contributed by atoms with Gasteiger partial charge in [-0.25, -0.2) is 0 Å². The first-order valence-electron chi connectivity index (χ1n) is 14.0. The Bertz CT molecular complexity index is 1680. The summed E-state index contributed by atoms with van der Waals surface area (Å²) in [7, 11) is 1.63. The van der Waals surface area contributed by atoms with Crippen molar-refractivity contribution in [3.63, 3.8) is 0 Å². The molecule has 1 heterocycles. The molecule has 5 rings (SSSR count). The SMILES string of the molecule is COc1ccc(OCc2cc(C3C(C#N)=C(N)N(c4ccc(C)c(Cl)c4)C4=C3C(=O)CC(C)(C)C4)c(C)cc2C)cc1. The highest BCUT2D eigenvalue weighted by atomic mass is 35.5. The Morgan fingerprint density at radius 1 is 1.00 bits per heavy atom. The van der Waals surface area contributed by atoms with Crippen LogP contribution in [0.5, 0.6) is 11.5 Å². The van der Waals surface area contributed by atoms with Gasteiger partial charge in [-0.3, -0.25) is 9.69 Å². The second kappa shape index (κ2) is 11.2. The van der Waals surface area contributed by atoms with Crippen LogP contribution in [0.4, 0.5) is 5.69 Å². The normalized spacial score (nSPS) is 18.1. The predicted octanol–water partition coefficient (Wildman–Crippen LogP) is 7.79. The lowest BCUT2D eigenvalue weighted by molar-refractivity contribution is -0.118. The number of nitriles is 1. The van der Waals surface area contributed by atoms with Gasteiger partial charge in [-0.2, -0.15) is 5.26 Å². The Morgan fingerprint density at radius 3 is 2.33 bits per heavy atom. The fourth-order valence-electron chi connectivity index (χ4n) is 6.05. The van der Waals surface area contributed by atoms with E-state index in [1.54, 1.807) is 7.11 Å². The van der Waals surface area contributed by atoms with Gasteiger partial charge in [-0.05, 0) is 96.8 Å². The van der Waals surface area contributed by atoms with Gasteiger partial charge in [-0.15, -0.1) is 0 Å². The number of Topliss-reactive ketones (excluding diaryl/α,β-unsaturated/α-hetero) is 1. The first-order valence-corrected chi connectivity index (χ1v) is 14.4. The monoisotopic (exact) mass is 581 g/mol. The smallest absolute Gasteiger partial charge is 0.162 e. The van der Waals surface area contributed by atoms with Gasteiger partial charge in [0.1, 0.15) is 23.9 Å². The summed E-state index contributed by atoms with van der Waals surface area (Å²) in [5.74, 6) is 1.26. The lowest BCUT2D eigenvalue weighted by atomic mass is 9.68. The number of ether oxygens (including phenoxy) is 2. The molecular formula is C35H36ClN3O3. The minimum Gasteiger partial charge on any atom is -0.497 e. The number of benzene rings is 3. The molecule has 0 fully saturated rings. The topological polar surface area (TPSA) is 88.6 Å². The van der Waals surface area contributed by atoms with Crippen molar-refractivity contribution in [3.8, 4) is 17.6 Å². The molecule has 0 saturated carbocycles. The molecule has 0 spiro atoms. The van der Waals surface area contributed by atoms with Crippen molar-refractivity contribution in [1.82, 2.24) is 0 Å². The number of hydrogen-bond acceptors (Lipinski definition) is 6. The number of rotatable bonds is 6. The minimum atomic E-state index is -0.578. The highest BCUT2D eigenvalue weighted by Gasteiger charge is 2.45. The molecule has 3 aromatic rings. The van der Waals surface area contributed by atoms with E-state index in [1.165, 1.54) is 0 Å². The zero-order chi connectivity index (χ0) is 30.3. The molecule has 216 valence electrons. The summed E-state index contributed by atoms with van der Waals surface area (Å²) in [6.07, 6.45) is 1.02. The molecule has 7 heteroatoms. The minimum absolute atomic E-state index is 0.0331. The third-order valence-corrected chi connectivity index (χ3v) is 8.69. The van der Waals surface area contributed by atoms with Gasteiger partial charge < -0.3 is 15.2 Å². The van der Waals surface area contributed by atoms with Crippen LogP contribution in [0.3, 0.4) is 0 Å². The molecule has 1 aliphatic heterocycles. The molecule has 1 atom stereocenters. The molecule has 0 aromatic heterocycles. The van der Waals surface area contributed by atoms with Crippen LogP contribution in [-0.4, -0.2) is 12.9 Å². The Kier molecular flexibility index (Phi) is 7.83. The molecule has 0 saturated heterocycles. The van der Waals surface area contributed by atoms with Crippen LogP contribution in [0, 0.1) is 37.5 Å². The van der Waals surface area contributed by atoms with Gasteiger partial charge in [-0.1, -0.05) is 43.6 Å². The molecule has 3 aromatic carbocycles. The summed E-state index contributed by atoms with van der Waals surface area (Å²) in [5.41, 5.74) is 14.0. The van der Waals surface area contributed by atoms with E-state index in [4.69, 9.17) is 26.8 Å². The number of allylic oxidation sites excluding steroid dienone is 3. The van der Waals surface area contributed by atoms with E-state index in [0.29, 0.717) is 41.4 Å². The van der Waals surface area contributed by atoms with Crippen LogP contribution in [0.15, 0.2) is 77.3 Å². The largest absolute Gasteiger partial charge is 0.497 e. The lowest BCUT2D eigenvalue weighted by Gasteiger charge is -2.44. The number of hydrogen-bond donors (Lipinski definition) is 1. The standard InChI is InChI=1S/C35H36ClN3O3/c1-20-7-8-24(15-29(20)36)39-30-16-35(4,5)17-31(40)33(30)32(28(18-37)34(39)38)27-14-23(21(2)13-22(27)3)19-42-26-11-9-25(41-6)10-12-26/h7-15,32H,16-17,19,38H2,1-6H3. The van der Waals surface area contributed by atoms with E-state index in [0.717, 1.165) is 50.7 Å². The van der Waals surface area contributed by atoms with Crippen molar-refractivity contribution < 1.29 is 14.3 Å². The molecule has 1 unspecified atom stereocenters. The van der Waals surface area contributed by atoms with Crippen LogP contribution in [0.2, 0.25) is 5.02 Å². The maximum Gasteiger partial charge on any atom is 0.162 e. The Morgan fingerprint density at radius 2 is 1.69 bits per heavy atom. The highest BCUT2D eigenvalue weighted by molar-refractivity contribution is 6.31. The van der Waals surface area contributed by atoms with Crippen LogP contribution >= 0.6 is 11.6 Å². The summed E-state index contributed by atoms with van der Waals surface area (Å²) < 4.78 is 11.4. The molecule has 0 amide bonds. The molecule has 1 aliphatic carbocycles. The Balaban J connectivity index is 1.64. The summed E-state index contributed by atoms with van der Waals surface area (Å²) in [6, 6.07) is 19.7. The predicted molar refractivity (Wildman–Crippen MR) is 167 cm³/mol. The molecule has 2 aliphatic rings. The Labute approximate surface area is 253 Å². The van der Waals surface area contributed by atoms with Gasteiger partial charge in [0.25, 0.3) is 0 Å². The molecule has 6 nitrogen and oxygen atoms in total. The van der Waals surface area contributed by atoms with Gasteiger partial charge in [0, 0.05) is 28.4 Å². The van der Waals surface area contributed by atoms with Crippen LogP contribution in [0.25, 0.3) is 0 Å². The number of anilines is 1. The molecule has 42 heavy (non-hydrogen) atoms. The third-order valence-electron chi connectivity index (χ3n) is 8.28. The average Bonchev–Trinajstić information content (AvgIpc) is 2.93. The van der Waals surface area contributed by atoms with Crippen molar-refractivity contribution in [2.45, 2.75) is 60.0 Å². The number of methoxy groups -OCH3 is 1. The quantitative estimate of drug-likeness (QED) is 0.319. The van der Waals surface area contributed by atoms with E-state index in [-0.39, 0.29) is 11.2 Å². The van der Waals surface area contributed by atoms with Crippen molar-refractivity contribution in [3.05, 3.63) is 110 Å². The van der Waals surface area contributed by atoms with Crippen molar-refractivity contribution in [2.75, 3.05) is 12.0 Å². The van der Waals surface area contributed by atoms with Gasteiger partial charge in [0.05, 0.1) is 24.7 Å². The highest BCUT2D eigenvalue weighted by Crippen LogP contribution is 2.51. The fraction of sp³-hybridized carbons (Fsp3) is 0.314. The van der Waals surface area contributed by atoms with Crippen LogP contribution < -0.4 is 20.1 Å². The summed E-state index contributed by atoms with van der Waals surface area (Å²) in [5, 5.41) is 11.1. The van der Waals surface area contributed by atoms with Crippen LogP contribution in [-0.2, 0) is 11.4 Å². The van der Waals surface area contributed by atoms with Crippen molar-refractivity contribution in [2.24, 2.45) is 11.1 Å². The van der Waals surface area contributed by atoms with E-state index >= 15 is 0 Å². The summed E-state index contributed by atoms with van der Waals surface area (Å²) in [4.78, 5) is 15.9. The van der Waals surface area contributed by atoms with Crippen molar-refractivity contribution >= 4 is 23.1 Å². The Hall–Kier alpha value is -4.21. The maximum absolute atomic E-state index is 14.0. The van der Waals surface area contributed by atoms with E-state index in [1.807, 2.05) is 68.1 Å². The zero-order valence-corrected chi connectivity index (χ0v) is 25.7. The first kappa shape index (κ1) is 29.3. The molecule has 0 bridgehead atoms. The zero-order valence-electron chi connectivity index (χ0n) is 25.0. The fourth-order valence-corrected chi connectivity index (χ4v) is 6.23. The van der Waals surface area contributed by atoms with Gasteiger partial charge >= 0.3 is 0 Å². The van der Waals surface area contributed by atoms with Gasteiger partial charge in [0.15, 0.2) is 5.78 Å². The van der Waals surface area contributed by atoms with Gasteiger partial charge in [0.2, 0.25) is 0 Å². The lowest BCUT2D eigenvalue weighted by Crippen LogP contribution is -2.42. The number of nitrogens with two attached hydrogens (primary N) is 1. The third kappa shape index (κ3) is 5.37. The molecule has 2 N–H and O–H groups in total. The number of carbonyl (C=O) groups is 1. The number of halogens is 1. The van der Waals surface area contributed by atoms with E-state index < -0.39 is 5.92 Å². The molecule has 0 radical (unpaired) electrons. The molecular weight excluding hydrogens is 546 g/mol. The maximum atomic E-state index is 14.0. The van der Waals surface area contributed by atoms with E-state index in [2.05, 4.69) is 32.0 Å². The number of aryl methyl sites for hydroxylation is 3. The first-order chi connectivity index (χ1) is 19.9. The second-order valence-electron chi connectivity index (χ2n) is 12.0. The number of carbonyl (C=O) groups excluding carboxylic acids is 1. The summed E-state index contributed by atoms with van der Waals surface area (Å²) in [6.45, 7) is 10.5. The van der Waals surface area contributed by atoms with Crippen molar-refractivity contribution in [1.29, 1.82) is 5.26 Å². The second-order valence-corrected chi connectivity index (χ2v) is 12.4.